The van der Waals surface area contributed by atoms with Crippen LogP contribution in [-0.2, 0) is 11.8 Å². The number of hydrogen-bond acceptors (Lipinski definition) is 2. The first-order chi connectivity index (χ1) is 8.59. The van der Waals surface area contributed by atoms with Gasteiger partial charge in [-0.2, -0.15) is 5.10 Å². The van der Waals surface area contributed by atoms with Crippen LogP contribution in [-0.4, -0.2) is 9.78 Å². The molecule has 1 saturated carbocycles. The van der Waals surface area contributed by atoms with Crippen molar-refractivity contribution in [3.63, 3.8) is 0 Å². The molecule has 0 spiro atoms. The molecule has 18 heavy (non-hydrogen) atoms. The summed E-state index contributed by atoms with van der Waals surface area (Å²) in [6, 6.07) is 0.556. The summed E-state index contributed by atoms with van der Waals surface area (Å²) < 4.78 is 2.16. The number of fused-ring (bicyclic) bond motifs is 1. The third kappa shape index (κ3) is 1.84. The van der Waals surface area contributed by atoms with Gasteiger partial charge in [0.2, 0.25) is 0 Å². The fourth-order valence-electron chi connectivity index (χ4n) is 3.84. The number of nitrogen functional groups attached to an aromatic ring is 1. The minimum atomic E-state index is 0.213. The van der Waals surface area contributed by atoms with Crippen molar-refractivity contribution in [1.29, 1.82) is 0 Å². The van der Waals surface area contributed by atoms with E-state index in [1.165, 1.54) is 56.2 Å². The van der Waals surface area contributed by atoms with Crippen LogP contribution in [0.3, 0.4) is 0 Å². The second kappa shape index (κ2) is 4.29. The molecule has 0 atom stereocenters. The van der Waals surface area contributed by atoms with Crippen LogP contribution in [0.4, 0.5) is 5.82 Å². The van der Waals surface area contributed by atoms with Gasteiger partial charge in [0.15, 0.2) is 0 Å². The van der Waals surface area contributed by atoms with Crippen LogP contribution >= 0.6 is 0 Å². The van der Waals surface area contributed by atoms with E-state index in [-0.39, 0.29) is 5.41 Å². The van der Waals surface area contributed by atoms with Crippen molar-refractivity contribution >= 4 is 5.82 Å². The molecule has 1 aromatic rings. The van der Waals surface area contributed by atoms with Crippen LogP contribution in [0.15, 0.2) is 0 Å². The second-order valence-corrected chi connectivity index (χ2v) is 6.68. The number of anilines is 1. The molecular weight excluding hydrogens is 222 g/mol. The lowest BCUT2D eigenvalue weighted by atomic mass is 9.75. The Hall–Kier alpha value is -0.990. The average molecular weight is 247 g/mol. The molecule has 0 radical (unpaired) electrons. The minimum absolute atomic E-state index is 0.213. The fraction of sp³-hybridized carbons (Fsp3) is 0.800. The van der Waals surface area contributed by atoms with Crippen LogP contribution in [0.2, 0.25) is 0 Å². The second-order valence-electron chi connectivity index (χ2n) is 6.68. The predicted octanol–water partition coefficient (Wildman–Crippen LogP) is 3.58. The summed E-state index contributed by atoms with van der Waals surface area (Å²) in [5.74, 6) is 0.960. The van der Waals surface area contributed by atoms with Crippen LogP contribution in [0.25, 0.3) is 0 Å². The topological polar surface area (TPSA) is 43.8 Å². The van der Waals surface area contributed by atoms with Crippen molar-refractivity contribution in [3.8, 4) is 0 Å². The molecule has 100 valence electrons. The van der Waals surface area contributed by atoms with E-state index in [9.17, 15) is 0 Å². The maximum absolute atomic E-state index is 6.43. The van der Waals surface area contributed by atoms with E-state index in [1.807, 2.05) is 0 Å². The number of hydrogen-bond donors (Lipinski definition) is 1. The van der Waals surface area contributed by atoms with Crippen molar-refractivity contribution in [1.82, 2.24) is 9.78 Å². The summed E-state index contributed by atoms with van der Waals surface area (Å²) in [4.78, 5) is 0. The first-order valence-corrected chi connectivity index (χ1v) is 7.47. The Labute approximate surface area is 110 Å². The molecule has 0 unspecified atom stereocenters. The molecule has 3 heteroatoms. The van der Waals surface area contributed by atoms with Gasteiger partial charge < -0.3 is 5.73 Å². The zero-order valence-electron chi connectivity index (χ0n) is 11.7. The quantitative estimate of drug-likeness (QED) is 0.824. The Balaban J connectivity index is 2.00. The van der Waals surface area contributed by atoms with E-state index >= 15 is 0 Å². The summed E-state index contributed by atoms with van der Waals surface area (Å²) in [5, 5.41) is 4.86. The van der Waals surface area contributed by atoms with E-state index in [4.69, 9.17) is 10.8 Å². The molecule has 0 amide bonds. The molecule has 1 aromatic heterocycles. The number of nitrogens with zero attached hydrogens (tertiary/aromatic N) is 2. The van der Waals surface area contributed by atoms with Gasteiger partial charge in [-0.15, -0.1) is 0 Å². The number of aromatic nitrogens is 2. The van der Waals surface area contributed by atoms with Gasteiger partial charge in [-0.3, -0.25) is 0 Å². The van der Waals surface area contributed by atoms with E-state index in [1.54, 1.807) is 0 Å². The van der Waals surface area contributed by atoms with E-state index in [0.29, 0.717) is 6.04 Å². The van der Waals surface area contributed by atoms with E-state index in [2.05, 4.69) is 18.5 Å². The van der Waals surface area contributed by atoms with Gasteiger partial charge in [0.25, 0.3) is 0 Å². The summed E-state index contributed by atoms with van der Waals surface area (Å²) in [7, 11) is 0. The Morgan fingerprint density at radius 2 is 1.89 bits per heavy atom. The molecule has 3 nitrogen and oxygen atoms in total. The molecule has 2 aliphatic rings. The number of aryl methyl sites for hydroxylation is 1. The Morgan fingerprint density at radius 1 is 1.17 bits per heavy atom. The highest BCUT2D eigenvalue weighted by molar-refractivity contribution is 5.50. The molecule has 0 saturated heterocycles. The predicted molar refractivity (Wildman–Crippen MR) is 74.7 cm³/mol. The first-order valence-electron chi connectivity index (χ1n) is 7.47. The molecule has 0 aliphatic heterocycles. The highest BCUT2D eigenvalue weighted by Crippen LogP contribution is 2.42. The molecular formula is C15H25N3. The van der Waals surface area contributed by atoms with Crippen LogP contribution in [0, 0.1) is 0 Å². The molecule has 2 N–H and O–H groups in total. The van der Waals surface area contributed by atoms with Crippen molar-refractivity contribution in [2.24, 2.45) is 0 Å². The van der Waals surface area contributed by atoms with Gasteiger partial charge in [-0.25, -0.2) is 4.68 Å². The normalized spacial score (nSPS) is 23.9. The lowest BCUT2D eigenvalue weighted by Gasteiger charge is -2.29. The summed E-state index contributed by atoms with van der Waals surface area (Å²) in [6.45, 7) is 4.63. The SMILES string of the molecule is CC1(C)CCCc2nn(C3CCCCC3)c(N)c21. The monoisotopic (exact) mass is 247 g/mol. The molecule has 1 fully saturated rings. The lowest BCUT2D eigenvalue weighted by Crippen LogP contribution is -2.24. The van der Waals surface area contributed by atoms with Crippen molar-refractivity contribution in [2.45, 2.75) is 76.7 Å². The summed E-state index contributed by atoms with van der Waals surface area (Å²) >= 11 is 0. The van der Waals surface area contributed by atoms with Crippen LogP contribution < -0.4 is 5.73 Å². The fourth-order valence-corrected chi connectivity index (χ4v) is 3.84. The summed E-state index contributed by atoms with van der Waals surface area (Å²) in [6.07, 6.45) is 10.2. The number of rotatable bonds is 1. The van der Waals surface area contributed by atoms with E-state index < -0.39 is 0 Å². The largest absolute Gasteiger partial charge is 0.384 e. The average Bonchev–Trinajstić information content (AvgIpc) is 2.69. The molecule has 0 aromatic carbocycles. The maximum atomic E-state index is 6.43. The smallest absolute Gasteiger partial charge is 0.126 e. The highest BCUT2D eigenvalue weighted by atomic mass is 15.3. The van der Waals surface area contributed by atoms with Gasteiger partial charge in [0.1, 0.15) is 5.82 Å². The maximum Gasteiger partial charge on any atom is 0.126 e. The summed E-state index contributed by atoms with van der Waals surface area (Å²) in [5.41, 5.74) is 9.26. The van der Waals surface area contributed by atoms with Gasteiger partial charge in [0, 0.05) is 5.56 Å². The van der Waals surface area contributed by atoms with Crippen LogP contribution in [0.1, 0.15) is 76.1 Å². The lowest BCUT2D eigenvalue weighted by molar-refractivity contribution is 0.332. The molecule has 3 rings (SSSR count). The third-order valence-corrected chi connectivity index (χ3v) is 4.83. The standard InChI is InChI=1S/C15H25N3/c1-15(2)10-6-9-12-13(15)14(16)18(17-12)11-7-4-3-5-8-11/h11H,3-10,16H2,1-2H3. The Morgan fingerprint density at radius 3 is 2.56 bits per heavy atom. The Bertz CT molecular complexity index is 439. The van der Waals surface area contributed by atoms with Gasteiger partial charge in [0.05, 0.1) is 11.7 Å². The van der Waals surface area contributed by atoms with Crippen molar-refractivity contribution < 1.29 is 0 Å². The third-order valence-electron chi connectivity index (χ3n) is 4.83. The minimum Gasteiger partial charge on any atom is -0.384 e. The van der Waals surface area contributed by atoms with Gasteiger partial charge in [-0.05, 0) is 37.5 Å². The highest BCUT2D eigenvalue weighted by Gasteiger charge is 2.34. The van der Waals surface area contributed by atoms with Gasteiger partial charge in [-0.1, -0.05) is 33.1 Å². The Kier molecular flexibility index (Phi) is 2.87. The first kappa shape index (κ1) is 12.1. The molecule has 2 aliphatic carbocycles. The van der Waals surface area contributed by atoms with E-state index in [0.717, 1.165) is 12.2 Å². The van der Waals surface area contributed by atoms with Crippen molar-refractivity contribution in [2.75, 3.05) is 5.73 Å². The molecule has 0 bridgehead atoms. The molecule has 1 heterocycles. The zero-order valence-corrected chi connectivity index (χ0v) is 11.7. The van der Waals surface area contributed by atoms with Gasteiger partial charge >= 0.3 is 0 Å². The number of nitrogens with two attached hydrogens (primary N) is 1. The van der Waals surface area contributed by atoms with Crippen LogP contribution in [0.5, 0.6) is 0 Å². The zero-order chi connectivity index (χ0) is 12.8. The van der Waals surface area contributed by atoms with Crippen molar-refractivity contribution in [3.05, 3.63) is 11.3 Å².